The molecule has 0 radical (unpaired) electrons. The van der Waals surface area contributed by atoms with Gasteiger partial charge in [0.1, 0.15) is 11.4 Å². The number of carboxylic acid groups (broad SMARTS) is 1. The number of rotatable bonds is 3. The van der Waals surface area contributed by atoms with E-state index in [0.717, 1.165) is 22.9 Å². The van der Waals surface area contributed by atoms with Crippen LogP contribution in [0.2, 0.25) is 0 Å². The van der Waals surface area contributed by atoms with Crippen LogP contribution in [0, 0.1) is 5.82 Å². The SMILES string of the molecule is CC(C)n1cc(C(=O)O)c(=O)n(-c2cccc(F)c2)c1=O. The highest BCUT2D eigenvalue weighted by Crippen LogP contribution is 2.07. The van der Waals surface area contributed by atoms with Gasteiger partial charge in [0.05, 0.1) is 5.69 Å². The lowest BCUT2D eigenvalue weighted by atomic mass is 10.2. The van der Waals surface area contributed by atoms with E-state index in [2.05, 4.69) is 0 Å². The molecule has 0 saturated heterocycles. The van der Waals surface area contributed by atoms with Gasteiger partial charge in [-0.15, -0.1) is 0 Å². The topological polar surface area (TPSA) is 81.3 Å². The van der Waals surface area contributed by atoms with Crippen molar-refractivity contribution in [3.8, 4) is 5.69 Å². The third-order valence-electron chi connectivity index (χ3n) is 2.97. The minimum absolute atomic E-state index is 0.0116. The lowest BCUT2D eigenvalue weighted by Crippen LogP contribution is -2.41. The number of benzene rings is 1. The molecule has 0 bridgehead atoms. The molecule has 0 fully saturated rings. The van der Waals surface area contributed by atoms with Crippen LogP contribution in [0.15, 0.2) is 40.1 Å². The molecule has 1 heterocycles. The van der Waals surface area contributed by atoms with Gasteiger partial charge in [-0.2, -0.15) is 0 Å². The Labute approximate surface area is 118 Å². The lowest BCUT2D eigenvalue weighted by Gasteiger charge is -2.14. The van der Waals surface area contributed by atoms with Gasteiger partial charge in [-0.3, -0.25) is 9.36 Å². The maximum absolute atomic E-state index is 13.3. The van der Waals surface area contributed by atoms with Gasteiger partial charge in [-0.05, 0) is 32.0 Å². The number of nitrogens with zero attached hydrogens (tertiary/aromatic N) is 2. The molecule has 0 atom stereocenters. The van der Waals surface area contributed by atoms with Crippen molar-refractivity contribution in [3.63, 3.8) is 0 Å². The van der Waals surface area contributed by atoms with Gasteiger partial charge in [0, 0.05) is 12.2 Å². The van der Waals surface area contributed by atoms with E-state index in [1.807, 2.05) is 0 Å². The molecule has 21 heavy (non-hydrogen) atoms. The Morgan fingerprint density at radius 3 is 2.48 bits per heavy atom. The second-order valence-corrected chi connectivity index (χ2v) is 4.75. The first kappa shape index (κ1) is 14.7. The number of carbonyl (C=O) groups is 1. The van der Waals surface area contributed by atoms with E-state index in [0.29, 0.717) is 4.57 Å². The van der Waals surface area contributed by atoms with Gasteiger partial charge >= 0.3 is 11.7 Å². The van der Waals surface area contributed by atoms with E-state index >= 15 is 0 Å². The summed E-state index contributed by atoms with van der Waals surface area (Å²) < 4.78 is 15.1. The molecule has 2 rings (SSSR count). The van der Waals surface area contributed by atoms with Crippen molar-refractivity contribution >= 4 is 5.97 Å². The van der Waals surface area contributed by atoms with Crippen molar-refractivity contribution in [2.24, 2.45) is 0 Å². The molecule has 0 aliphatic carbocycles. The Kier molecular flexibility index (Phi) is 3.75. The molecule has 110 valence electrons. The average molecular weight is 292 g/mol. The molecule has 6 nitrogen and oxygen atoms in total. The minimum atomic E-state index is -1.44. The van der Waals surface area contributed by atoms with E-state index in [1.54, 1.807) is 13.8 Å². The fourth-order valence-corrected chi connectivity index (χ4v) is 1.93. The second-order valence-electron chi connectivity index (χ2n) is 4.75. The molecule has 1 aromatic heterocycles. The van der Waals surface area contributed by atoms with Crippen molar-refractivity contribution in [2.45, 2.75) is 19.9 Å². The highest BCUT2D eigenvalue weighted by molar-refractivity contribution is 5.86. The van der Waals surface area contributed by atoms with Crippen molar-refractivity contribution in [2.75, 3.05) is 0 Å². The monoisotopic (exact) mass is 292 g/mol. The zero-order chi connectivity index (χ0) is 15.7. The maximum atomic E-state index is 13.3. The van der Waals surface area contributed by atoms with Crippen molar-refractivity contribution in [3.05, 3.63) is 62.7 Å². The largest absolute Gasteiger partial charge is 0.477 e. The summed E-state index contributed by atoms with van der Waals surface area (Å²) in [4.78, 5) is 35.6. The quantitative estimate of drug-likeness (QED) is 0.927. The van der Waals surface area contributed by atoms with Crippen molar-refractivity contribution in [1.29, 1.82) is 0 Å². The summed E-state index contributed by atoms with van der Waals surface area (Å²) in [6, 6.07) is 4.51. The van der Waals surface area contributed by atoms with Crippen LogP contribution >= 0.6 is 0 Å². The fraction of sp³-hybridized carbons (Fsp3) is 0.214. The first-order valence-corrected chi connectivity index (χ1v) is 6.20. The van der Waals surface area contributed by atoms with Gasteiger partial charge in [-0.1, -0.05) is 6.07 Å². The molecule has 1 aromatic carbocycles. The second kappa shape index (κ2) is 5.35. The molecule has 0 spiro atoms. The Morgan fingerprint density at radius 1 is 1.29 bits per heavy atom. The summed E-state index contributed by atoms with van der Waals surface area (Å²) in [6.07, 6.45) is 1.01. The number of aromatic nitrogens is 2. The van der Waals surface area contributed by atoms with Crippen LogP contribution in [-0.4, -0.2) is 20.2 Å². The van der Waals surface area contributed by atoms with Gasteiger partial charge < -0.3 is 5.11 Å². The maximum Gasteiger partial charge on any atom is 0.342 e. The van der Waals surface area contributed by atoms with Crippen LogP contribution in [0.4, 0.5) is 4.39 Å². The molecule has 0 aliphatic rings. The van der Waals surface area contributed by atoms with E-state index < -0.39 is 28.6 Å². The predicted molar refractivity (Wildman–Crippen MR) is 73.6 cm³/mol. The minimum Gasteiger partial charge on any atom is -0.477 e. The van der Waals surface area contributed by atoms with Crippen LogP contribution < -0.4 is 11.2 Å². The lowest BCUT2D eigenvalue weighted by molar-refractivity contribution is 0.0693. The summed E-state index contributed by atoms with van der Waals surface area (Å²) in [6.45, 7) is 3.35. The van der Waals surface area contributed by atoms with E-state index in [-0.39, 0.29) is 11.7 Å². The smallest absolute Gasteiger partial charge is 0.342 e. The Bertz CT molecular complexity index is 820. The third-order valence-corrected chi connectivity index (χ3v) is 2.97. The van der Waals surface area contributed by atoms with Gasteiger partial charge in [0.25, 0.3) is 5.56 Å². The number of halogens is 1. The van der Waals surface area contributed by atoms with E-state index in [1.165, 1.54) is 12.1 Å². The van der Waals surface area contributed by atoms with Crippen LogP contribution in [0.1, 0.15) is 30.2 Å². The number of aromatic carboxylic acids is 1. The van der Waals surface area contributed by atoms with Crippen LogP contribution in [0.3, 0.4) is 0 Å². The molecule has 7 heteroatoms. The number of hydrogen-bond donors (Lipinski definition) is 1. The van der Waals surface area contributed by atoms with Crippen molar-refractivity contribution < 1.29 is 14.3 Å². The summed E-state index contributed by atoms with van der Waals surface area (Å²) in [5, 5.41) is 9.09. The van der Waals surface area contributed by atoms with Crippen LogP contribution in [0.5, 0.6) is 0 Å². The first-order valence-electron chi connectivity index (χ1n) is 6.20. The molecule has 0 amide bonds. The van der Waals surface area contributed by atoms with Gasteiger partial charge in [0.2, 0.25) is 0 Å². The summed E-state index contributed by atoms with van der Waals surface area (Å²) >= 11 is 0. The molecule has 0 unspecified atom stereocenters. The van der Waals surface area contributed by atoms with Gasteiger partial charge in [0.15, 0.2) is 0 Å². The Balaban J connectivity index is 2.91. The number of carboxylic acids is 1. The Morgan fingerprint density at radius 2 is 1.95 bits per heavy atom. The summed E-state index contributed by atoms with van der Waals surface area (Å²) in [7, 11) is 0. The van der Waals surface area contributed by atoms with Crippen LogP contribution in [0.25, 0.3) is 5.69 Å². The van der Waals surface area contributed by atoms with E-state index in [4.69, 9.17) is 5.11 Å². The zero-order valence-electron chi connectivity index (χ0n) is 11.4. The predicted octanol–water partition coefficient (Wildman–Crippen LogP) is 1.42. The standard InChI is InChI=1S/C14H13FN2O4/c1-8(2)16-7-11(13(19)20)12(18)17(14(16)21)10-5-3-4-9(15)6-10/h3-8H,1-2H3,(H,19,20). The first-order chi connectivity index (χ1) is 9.82. The highest BCUT2D eigenvalue weighted by atomic mass is 19.1. The van der Waals surface area contributed by atoms with Crippen molar-refractivity contribution in [1.82, 2.24) is 9.13 Å². The molecule has 0 saturated carbocycles. The molecular formula is C14H13FN2O4. The Hall–Kier alpha value is -2.70. The molecular weight excluding hydrogens is 279 g/mol. The van der Waals surface area contributed by atoms with Crippen LogP contribution in [-0.2, 0) is 0 Å². The summed E-state index contributed by atoms with van der Waals surface area (Å²) in [5.41, 5.74) is -2.27. The summed E-state index contributed by atoms with van der Waals surface area (Å²) in [5.74, 6) is -2.07. The zero-order valence-corrected chi connectivity index (χ0v) is 11.4. The molecule has 1 N–H and O–H groups in total. The number of hydrogen-bond acceptors (Lipinski definition) is 3. The third kappa shape index (κ3) is 2.62. The average Bonchev–Trinajstić information content (AvgIpc) is 2.38. The molecule has 0 aliphatic heterocycles. The highest BCUT2D eigenvalue weighted by Gasteiger charge is 2.19. The normalized spacial score (nSPS) is 10.9. The van der Waals surface area contributed by atoms with E-state index in [9.17, 15) is 18.8 Å². The molecule has 2 aromatic rings. The van der Waals surface area contributed by atoms with Gasteiger partial charge in [-0.25, -0.2) is 18.5 Å². The fourth-order valence-electron chi connectivity index (χ4n) is 1.93.